The number of rotatable bonds is 3. The molecular formula is C7H12N2O7S. The fourth-order valence-electron chi connectivity index (χ4n) is 1.48. The molecule has 0 aromatic rings. The maximum Gasteiger partial charge on any atom is 0.421 e. The molecule has 1 fully saturated rings. The van der Waals surface area contributed by atoms with Gasteiger partial charge in [-0.2, -0.15) is 12.7 Å². The van der Waals surface area contributed by atoms with Crippen LogP contribution in [0.2, 0.25) is 0 Å². The van der Waals surface area contributed by atoms with E-state index in [-0.39, 0.29) is 13.0 Å². The van der Waals surface area contributed by atoms with E-state index in [0.717, 1.165) is 7.11 Å². The van der Waals surface area contributed by atoms with E-state index in [4.69, 9.17) is 5.11 Å². The zero-order chi connectivity index (χ0) is 13.2. The van der Waals surface area contributed by atoms with Crippen LogP contribution in [0.1, 0.15) is 6.42 Å². The van der Waals surface area contributed by atoms with Crippen molar-refractivity contribution >= 4 is 22.3 Å². The zero-order valence-electron chi connectivity index (χ0n) is 8.86. The highest BCUT2D eigenvalue weighted by molar-refractivity contribution is 7.87. The lowest BCUT2D eigenvalue weighted by Crippen LogP contribution is -2.48. The average molecular weight is 268 g/mol. The smallest absolute Gasteiger partial charge is 0.421 e. The van der Waals surface area contributed by atoms with E-state index in [0.29, 0.717) is 4.31 Å². The molecule has 1 amide bonds. The summed E-state index contributed by atoms with van der Waals surface area (Å²) in [6, 6.07) is -1.40. The molecule has 1 heterocycles. The van der Waals surface area contributed by atoms with Gasteiger partial charge in [0, 0.05) is 13.0 Å². The molecule has 0 saturated carbocycles. The molecule has 2 unspecified atom stereocenters. The van der Waals surface area contributed by atoms with Crippen LogP contribution in [0.3, 0.4) is 0 Å². The molecular weight excluding hydrogens is 256 g/mol. The SMILES string of the molecule is COC(=O)NS(=O)(=O)N1CC(O)CC1C(=O)O. The quantitative estimate of drug-likeness (QED) is 0.544. The number of aliphatic hydroxyl groups is 1. The van der Waals surface area contributed by atoms with Gasteiger partial charge in [-0.05, 0) is 0 Å². The minimum absolute atomic E-state index is 0.225. The van der Waals surface area contributed by atoms with Crippen LogP contribution < -0.4 is 4.72 Å². The number of aliphatic hydroxyl groups excluding tert-OH is 1. The van der Waals surface area contributed by atoms with Gasteiger partial charge in [-0.3, -0.25) is 4.79 Å². The number of nitrogens with one attached hydrogen (secondary N) is 1. The van der Waals surface area contributed by atoms with Crippen molar-refractivity contribution in [3.05, 3.63) is 0 Å². The van der Waals surface area contributed by atoms with Gasteiger partial charge in [0.1, 0.15) is 6.04 Å². The third kappa shape index (κ3) is 3.05. The highest BCUT2D eigenvalue weighted by atomic mass is 32.2. The first-order chi connectivity index (χ1) is 7.77. The third-order valence-corrected chi connectivity index (χ3v) is 3.67. The predicted octanol–water partition coefficient (Wildman–Crippen LogP) is -1.89. The summed E-state index contributed by atoms with van der Waals surface area (Å²) in [5.74, 6) is -1.39. The number of aliphatic carboxylic acids is 1. The van der Waals surface area contributed by atoms with E-state index in [9.17, 15) is 23.1 Å². The molecule has 3 N–H and O–H groups in total. The van der Waals surface area contributed by atoms with E-state index in [1.54, 1.807) is 0 Å². The highest BCUT2D eigenvalue weighted by Crippen LogP contribution is 2.20. The van der Waals surface area contributed by atoms with Gasteiger partial charge in [0.2, 0.25) is 0 Å². The fraction of sp³-hybridized carbons (Fsp3) is 0.714. The Bertz CT molecular complexity index is 420. The molecule has 1 aliphatic rings. The van der Waals surface area contributed by atoms with Crippen LogP contribution >= 0.6 is 0 Å². The molecule has 0 radical (unpaired) electrons. The number of carbonyl (C=O) groups excluding carboxylic acids is 1. The molecule has 0 spiro atoms. The molecule has 0 aliphatic carbocycles. The van der Waals surface area contributed by atoms with Gasteiger partial charge in [0.05, 0.1) is 13.2 Å². The molecule has 0 bridgehead atoms. The number of carbonyl (C=O) groups is 2. The molecule has 17 heavy (non-hydrogen) atoms. The molecule has 9 nitrogen and oxygen atoms in total. The van der Waals surface area contributed by atoms with Crippen molar-refractivity contribution in [1.82, 2.24) is 9.03 Å². The van der Waals surface area contributed by atoms with Crippen molar-refractivity contribution in [2.75, 3.05) is 13.7 Å². The Labute approximate surface area is 97.2 Å². The fourth-order valence-corrected chi connectivity index (χ4v) is 2.77. The molecule has 0 aromatic heterocycles. The van der Waals surface area contributed by atoms with Crippen LogP contribution in [0.15, 0.2) is 0 Å². The molecule has 1 rings (SSSR count). The summed E-state index contributed by atoms with van der Waals surface area (Å²) in [5.41, 5.74) is 0. The van der Waals surface area contributed by atoms with Gasteiger partial charge in [-0.25, -0.2) is 9.52 Å². The van der Waals surface area contributed by atoms with Gasteiger partial charge < -0.3 is 14.9 Å². The lowest BCUT2D eigenvalue weighted by atomic mass is 10.2. The first kappa shape index (κ1) is 13.7. The van der Waals surface area contributed by atoms with Gasteiger partial charge in [-0.15, -0.1) is 0 Å². The van der Waals surface area contributed by atoms with Crippen LogP contribution in [0.5, 0.6) is 0 Å². The minimum Gasteiger partial charge on any atom is -0.480 e. The molecule has 1 saturated heterocycles. The van der Waals surface area contributed by atoms with Crippen LogP contribution in [-0.2, 0) is 19.7 Å². The summed E-state index contributed by atoms with van der Waals surface area (Å²) >= 11 is 0. The Morgan fingerprint density at radius 1 is 1.47 bits per heavy atom. The van der Waals surface area contributed by atoms with E-state index in [1.165, 1.54) is 4.72 Å². The highest BCUT2D eigenvalue weighted by Gasteiger charge is 2.43. The third-order valence-electron chi connectivity index (χ3n) is 2.23. The number of hydrogen-bond acceptors (Lipinski definition) is 6. The lowest BCUT2D eigenvalue weighted by molar-refractivity contribution is -0.140. The van der Waals surface area contributed by atoms with Crippen LogP contribution in [0.25, 0.3) is 0 Å². The monoisotopic (exact) mass is 268 g/mol. The second-order valence-electron chi connectivity index (χ2n) is 3.41. The Morgan fingerprint density at radius 3 is 2.53 bits per heavy atom. The Hall–Kier alpha value is -1.39. The topological polar surface area (TPSA) is 133 Å². The summed E-state index contributed by atoms with van der Waals surface area (Å²) in [6.07, 6.45) is -2.53. The Balaban J connectivity index is 2.90. The van der Waals surface area contributed by atoms with Crippen LogP contribution in [0, 0.1) is 0 Å². The second-order valence-corrected chi connectivity index (χ2v) is 5.04. The van der Waals surface area contributed by atoms with Crippen molar-refractivity contribution in [2.24, 2.45) is 0 Å². The summed E-state index contributed by atoms with van der Waals surface area (Å²) in [6.45, 7) is -0.386. The first-order valence-corrected chi connectivity index (χ1v) is 6.00. The first-order valence-electron chi connectivity index (χ1n) is 4.56. The molecule has 1 aliphatic heterocycles. The molecule has 98 valence electrons. The maximum atomic E-state index is 11.6. The van der Waals surface area contributed by atoms with Crippen LogP contribution in [-0.4, -0.2) is 60.8 Å². The van der Waals surface area contributed by atoms with Gasteiger partial charge in [0.25, 0.3) is 0 Å². The standard InChI is InChI=1S/C7H12N2O7S/c1-16-7(13)8-17(14,15)9-3-4(10)2-5(9)6(11)12/h4-5,10H,2-3H2,1H3,(H,8,13)(H,11,12). The number of amides is 1. The number of methoxy groups -OCH3 is 1. The lowest BCUT2D eigenvalue weighted by Gasteiger charge is -2.20. The Kier molecular flexibility index (Phi) is 3.91. The van der Waals surface area contributed by atoms with E-state index in [1.807, 2.05) is 0 Å². The van der Waals surface area contributed by atoms with E-state index >= 15 is 0 Å². The summed E-state index contributed by atoms with van der Waals surface area (Å²) in [7, 11) is -3.36. The summed E-state index contributed by atoms with van der Waals surface area (Å²) in [5, 5.41) is 18.1. The Morgan fingerprint density at radius 2 is 2.06 bits per heavy atom. The van der Waals surface area contributed by atoms with Crippen molar-refractivity contribution in [1.29, 1.82) is 0 Å². The number of carboxylic acids is 1. The van der Waals surface area contributed by atoms with E-state index in [2.05, 4.69) is 4.74 Å². The number of hydrogen-bond donors (Lipinski definition) is 3. The van der Waals surface area contributed by atoms with Gasteiger partial charge in [0.15, 0.2) is 0 Å². The van der Waals surface area contributed by atoms with Crippen molar-refractivity contribution in [2.45, 2.75) is 18.6 Å². The number of β-amino-alcohol motifs (C(OH)–C–C–N with tert-alkyl or cyclic N) is 1. The number of carboxylic acid groups (broad SMARTS) is 1. The normalized spacial score (nSPS) is 25.5. The number of ether oxygens (including phenoxy) is 1. The van der Waals surface area contributed by atoms with Crippen molar-refractivity contribution < 1.29 is 33.0 Å². The minimum atomic E-state index is -4.33. The maximum absolute atomic E-state index is 11.6. The van der Waals surface area contributed by atoms with Gasteiger partial charge >= 0.3 is 22.3 Å². The summed E-state index contributed by atoms with van der Waals surface area (Å²) in [4.78, 5) is 21.6. The summed E-state index contributed by atoms with van der Waals surface area (Å²) < 4.78 is 29.3. The van der Waals surface area contributed by atoms with Crippen molar-refractivity contribution in [3.63, 3.8) is 0 Å². The predicted molar refractivity (Wildman–Crippen MR) is 53.2 cm³/mol. The molecule has 10 heteroatoms. The molecule has 0 aromatic carbocycles. The zero-order valence-corrected chi connectivity index (χ0v) is 9.68. The second kappa shape index (κ2) is 4.85. The van der Waals surface area contributed by atoms with Crippen LogP contribution in [0.4, 0.5) is 4.79 Å². The van der Waals surface area contributed by atoms with Crippen molar-refractivity contribution in [3.8, 4) is 0 Å². The number of nitrogens with zero attached hydrogens (tertiary/aromatic N) is 1. The average Bonchev–Trinajstić information content (AvgIpc) is 2.60. The molecule has 2 atom stereocenters. The van der Waals surface area contributed by atoms with E-state index < -0.39 is 34.4 Å². The largest absolute Gasteiger partial charge is 0.480 e. The van der Waals surface area contributed by atoms with Gasteiger partial charge in [-0.1, -0.05) is 0 Å².